The summed E-state index contributed by atoms with van der Waals surface area (Å²) in [5.41, 5.74) is 2.31. The Morgan fingerprint density at radius 2 is 1.58 bits per heavy atom. The summed E-state index contributed by atoms with van der Waals surface area (Å²) in [5.74, 6) is 1.01. The maximum Gasteiger partial charge on any atom is 0.258 e. The summed E-state index contributed by atoms with van der Waals surface area (Å²) in [6.07, 6.45) is 3.37. The molecule has 0 saturated carbocycles. The van der Waals surface area contributed by atoms with E-state index in [1.54, 1.807) is 12.1 Å². The van der Waals surface area contributed by atoms with Crippen LogP contribution in [-0.4, -0.2) is 34.0 Å². The zero-order chi connectivity index (χ0) is 17.9. The SMILES string of the molecule is O=C(c1ccc(-c2nc(-c3ccc(Cl)cc3)no2)cc1)N1CCCCC1. The fourth-order valence-corrected chi connectivity index (χ4v) is 3.22. The van der Waals surface area contributed by atoms with Crippen molar-refractivity contribution in [1.29, 1.82) is 0 Å². The Morgan fingerprint density at radius 3 is 2.27 bits per heavy atom. The van der Waals surface area contributed by atoms with Crippen LogP contribution in [0.2, 0.25) is 5.02 Å². The minimum atomic E-state index is 0.0867. The number of halogens is 1. The molecule has 0 unspecified atom stereocenters. The van der Waals surface area contributed by atoms with Gasteiger partial charge in [0, 0.05) is 34.8 Å². The third kappa shape index (κ3) is 3.48. The molecule has 26 heavy (non-hydrogen) atoms. The molecular weight excluding hydrogens is 350 g/mol. The highest BCUT2D eigenvalue weighted by molar-refractivity contribution is 6.30. The second kappa shape index (κ2) is 7.30. The second-order valence-corrected chi connectivity index (χ2v) is 6.80. The van der Waals surface area contributed by atoms with E-state index in [1.165, 1.54) is 6.42 Å². The summed E-state index contributed by atoms with van der Waals surface area (Å²) < 4.78 is 5.36. The number of amides is 1. The number of hydrogen-bond donors (Lipinski definition) is 0. The van der Waals surface area contributed by atoms with Crippen LogP contribution < -0.4 is 0 Å². The van der Waals surface area contributed by atoms with Gasteiger partial charge in [0.15, 0.2) is 0 Å². The highest BCUT2D eigenvalue weighted by atomic mass is 35.5. The number of rotatable bonds is 3. The monoisotopic (exact) mass is 367 g/mol. The predicted octanol–water partition coefficient (Wildman–Crippen LogP) is 4.68. The molecule has 2 heterocycles. The molecule has 132 valence electrons. The van der Waals surface area contributed by atoms with Crippen molar-refractivity contribution in [1.82, 2.24) is 15.0 Å². The molecule has 1 aromatic heterocycles. The molecule has 0 N–H and O–H groups in total. The molecule has 6 heteroatoms. The van der Waals surface area contributed by atoms with E-state index in [2.05, 4.69) is 10.1 Å². The maximum atomic E-state index is 12.5. The third-order valence-corrected chi connectivity index (χ3v) is 4.80. The largest absolute Gasteiger partial charge is 0.339 e. The average Bonchev–Trinajstić information content (AvgIpc) is 3.19. The fraction of sp³-hybridized carbons (Fsp3) is 0.250. The molecule has 0 radical (unpaired) electrons. The van der Waals surface area contributed by atoms with Crippen LogP contribution in [-0.2, 0) is 0 Å². The summed E-state index contributed by atoms with van der Waals surface area (Å²) >= 11 is 5.90. The van der Waals surface area contributed by atoms with Gasteiger partial charge in [-0.3, -0.25) is 4.79 Å². The van der Waals surface area contributed by atoms with Gasteiger partial charge in [-0.2, -0.15) is 4.98 Å². The molecule has 1 aliphatic heterocycles. The Labute approximate surface area is 156 Å². The summed E-state index contributed by atoms with van der Waals surface area (Å²) in [7, 11) is 0. The van der Waals surface area contributed by atoms with E-state index >= 15 is 0 Å². The predicted molar refractivity (Wildman–Crippen MR) is 99.9 cm³/mol. The van der Waals surface area contributed by atoms with E-state index < -0.39 is 0 Å². The van der Waals surface area contributed by atoms with Crippen molar-refractivity contribution in [2.75, 3.05) is 13.1 Å². The molecular formula is C20H18ClN3O2. The quantitative estimate of drug-likeness (QED) is 0.674. The van der Waals surface area contributed by atoms with Crippen LogP contribution in [0.5, 0.6) is 0 Å². The van der Waals surface area contributed by atoms with Crippen LogP contribution in [0, 0.1) is 0 Å². The molecule has 0 bridgehead atoms. The first-order valence-electron chi connectivity index (χ1n) is 8.70. The Hall–Kier alpha value is -2.66. The van der Waals surface area contributed by atoms with Crippen molar-refractivity contribution in [3.8, 4) is 22.8 Å². The molecule has 3 aromatic rings. The summed E-state index contributed by atoms with van der Waals surface area (Å²) in [5, 5.41) is 4.68. The van der Waals surface area contributed by atoms with Gasteiger partial charge in [-0.15, -0.1) is 0 Å². The second-order valence-electron chi connectivity index (χ2n) is 6.36. The molecule has 4 rings (SSSR count). The number of carbonyl (C=O) groups is 1. The smallest absolute Gasteiger partial charge is 0.258 e. The molecule has 0 atom stereocenters. The van der Waals surface area contributed by atoms with E-state index in [1.807, 2.05) is 41.3 Å². The molecule has 2 aromatic carbocycles. The van der Waals surface area contributed by atoms with Crippen molar-refractivity contribution >= 4 is 17.5 Å². The molecule has 5 nitrogen and oxygen atoms in total. The number of carbonyl (C=O) groups excluding carboxylic acids is 1. The van der Waals surface area contributed by atoms with Crippen LogP contribution >= 0.6 is 11.6 Å². The van der Waals surface area contributed by atoms with E-state index in [0.29, 0.717) is 22.3 Å². The highest BCUT2D eigenvalue weighted by Crippen LogP contribution is 2.24. The molecule has 0 spiro atoms. The van der Waals surface area contributed by atoms with Crippen LogP contribution in [0.4, 0.5) is 0 Å². The van der Waals surface area contributed by atoms with Crippen LogP contribution in [0.25, 0.3) is 22.8 Å². The molecule has 1 aliphatic rings. The van der Waals surface area contributed by atoms with Gasteiger partial charge in [0.1, 0.15) is 0 Å². The minimum Gasteiger partial charge on any atom is -0.339 e. The van der Waals surface area contributed by atoms with E-state index in [4.69, 9.17) is 16.1 Å². The number of hydrogen-bond acceptors (Lipinski definition) is 4. The third-order valence-electron chi connectivity index (χ3n) is 4.55. The van der Waals surface area contributed by atoms with Crippen molar-refractivity contribution in [2.24, 2.45) is 0 Å². The lowest BCUT2D eigenvalue weighted by molar-refractivity contribution is 0.0724. The van der Waals surface area contributed by atoms with Gasteiger partial charge >= 0.3 is 0 Å². The normalized spacial score (nSPS) is 14.4. The lowest BCUT2D eigenvalue weighted by Crippen LogP contribution is -2.35. The molecule has 0 aliphatic carbocycles. The average molecular weight is 368 g/mol. The van der Waals surface area contributed by atoms with Gasteiger partial charge in [0.05, 0.1) is 0 Å². The van der Waals surface area contributed by atoms with Gasteiger partial charge in [-0.25, -0.2) is 0 Å². The van der Waals surface area contributed by atoms with Gasteiger partial charge in [-0.1, -0.05) is 16.8 Å². The van der Waals surface area contributed by atoms with E-state index in [0.717, 1.165) is 37.1 Å². The topological polar surface area (TPSA) is 59.2 Å². The first-order valence-corrected chi connectivity index (χ1v) is 9.08. The Kier molecular flexibility index (Phi) is 4.71. The van der Waals surface area contributed by atoms with E-state index in [-0.39, 0.29) is 5.91 Å². The number of piperidine rings is 1. The molecule has 1 amide bonds. The van der Waals surface area contributed by atoms with Gasteiger partial charge < -0.3 is 9.42 Å². The first-order chi connectivity index (χ1) is 12.7. The Morgan fingerprint density at radius 1 is 0.923 bits per heavy atom. The van der Waals surface area contributed by atoms with Gasteiger partial charge in [0.2, 0.25) is 5.82 Å². The highest BCUT2D eigenvalue weighted by Gasteiger charge is 2.18. The van der Waals surface area contributed by atoms with E-state index in [9.17, 15) is 4.79 Å². The van der Waals surface area contributed by atoms with Gasteiger partial charge in [0.25, 0.3) is 11.8 Å². The summed E-state index contributed by atoms with van der Waals surface area (Å²) in [4.78, 5) is 18.9. The van der Waals surface area contributed by atoms with Crippen molar-refractivity contribution in [2.45, 2.75) is 19.3 Å². The van der Waals surface area contributed by atoms with Crippen molar-refractivity contribution < 1.29 is 9.32 Å². The maximum absolute atomic E-state index is 12.5. The Balaban J connectivity index is 1.52. The fourth-order valence-electron chi connectivity index (χ4n) is 3.09. The van der Waals surface area contributed by atoms with Crippen LogP contribution in [0.15, 0.2) is 53.1 Å². The number of nitrogens with zero attached hydrogens (tertiary/aromatic N) is 3. The standard InChI is InChI=1S/C20H18ClN3O2/c21-17-10-8-14(9-11-17)18-22-19(26-23-18)15-4-6-16(7-5-15)20(25)24-12-2-1-3-13-24/h4-11H,1-3,12-13H2. The van der Waals surface area contributed by atoms with Crippen LogP contribution in [0.3, 0.4) is 0 Å². The first kappa shape index (κ1) is 16.8. The van der Waals surface area contributed by atoms with Crippen molar-refractivity contribution in [3.63, 3.8) is 0 Å². The molecule has 1 saturated heterocycles. The summed E-state index contributed by atoms with van der Waals surface area (Å²) in [6.45, 7) is 1.68. The Bertz CT molecular complexity index is 898. The summed E-state index contributed by atoms with van der Waals surface area (Å²) in [6, 6.07) is 14.6. The van der Waals surface area contributed by atoms with Crippen LogP contribution in [0.1, 0.15) is 29.6 Å². The molecule has 1 fully saturated rings. The zero-order valence-electron chi connectivity index (χ0n) is 14.2. The number of benzene rings is 2. The van der Waals surface area contributed by atoms with Gasteiger partial charge in [-0.05, 0) is 67.8 Å². The lowest BCUT2D eigenvalue weighted by atomic mass is 10.1. The number of aromatic nitrogens is 2. The minimum absolute atomic E-state index is 0.0867. The van der Waals surface area contributed by atoms with Crippen molar-refractivity contribution in [3.05, 3.63) is 59.1 Å². The zero-order valence-corrected chi connectivity index (χ0v) is 14.9. The number of likely N-dealkylation sites (tertiary alicyclic amines) is 1. The lowest BCUT2D eigenvalue weighted by Gasteiger charge is -2.26.